The molecule has 0 saturated carbocycles. The maximum Gasteiger partial charge on any atom is 0.140 e. The SMILES string of the molecule is OCc1noc2c1CC(NCc1ccncc1)CC2. The molecule has 0 amide bonds. The summed E-state index contributed by atoms with van der Waals surface area (Å²) in [5.74, 6) is 0.936. The summed E-state index contributed by atoms with van der Waals surface area (Å²) < 4.78 is 5.24. The molecule has 0 fully saturated rings. The van der Waals surface area contributed by atoms with Gasteiger partial charge in [-0.25, -0.2) is 0 Å². The third-order valence-electron chi connectivity index (χ3n) is 3.62. The number of hydrogen-bond donors (Lipinski definition) is 2. The summed E-state index contributed by atoms with van der Waals surface area (Å²) in [5, 5.41) is 16.7. The molecule has 5 heteroatoms. The molecule has 0 spiro atoms. The Kier molecular flexibility index (Phi) is 3.57. The van der Waals surface area contributed by atoms with Gasteiger partial charge < -0.3 is 14.9 Å². The number of aromatic nitrogens is 2. The molecular weight excluding hydrogens is 242 g/mol. The van der Waals surface area contributed by atoms with E-state index in [4.69, 9.17) is 4.52 Å². The van der Waals surface area contributed by atoms with Crippen LogP contribution in [0.5, 0.6) is 0 Å². The van der Waals surface area contributed by atoms with Crippen LogP contribution in [0.1, 0.15) is 29.0 Å². The Hall–Kier alpha value is -1.72. The van der Waals surface area contributed by atoms with Gasteiger partial charge in [0.05, 0.1) is 6.61 Å². The highest BCUT2D eigenvalue weighted by atomic mass is 16.5. The lowest BCUT2D eigenvalue weighted by Gasteiger charge is -2.22. The van der Waals surface area contributed by atoms with E-state index < -0.39 is 0 Å². The molecule has 0 saturated heterocycles. The first-order valence-electron chi connectivity index (χ1n) is 6.56. The fraction of sp³-hybridized carbons (Fsp3) is 0.429. The highest BCUT2D eigenvalue weighted by molar-refractivity contribution is 5.26. The van der Waals surface area contributed by atoms with Gasteiger partial charge in [-0.3, -0.25) is 4.98 Å². The summed E-state index contributed by atoms with van der Waals surface area (Å²) in [7, 11) is 0. The van der Waals surface area contributed by atoms with Crippen LogP contribution in [0.25, 0.3) is 0 Å². The zero-order valence-electron chi connectivity index (χ0n) is 10.7. The molecule has 2 aromatic rings. The van der Waals surface area contributed by atoms with Crippen LogP contribution < -0.4 is 5.32 Å². The predicted octanol–water partition coefficient (Wildman–Crippen LogP) is 1.21. The number of hydrogen-bond acceptors (Lipinski definition) is 5. The monoisotopic (exact) mass is 259 g/mol. The van der Waals surface area contributed by atoms with E-state index in [2.05, 4.69) is 15.5 Å². The standard InChI is InChI=1S/C14H17N3O2/c18-9-13-12-7-11(1-2-14(12)19-17-13)16-8-10-3-5-15-6-4-10/h3-6,11,16,18H,1-2,7-9H2. The van der Waals surface area contributed by atoms with Crippen molar-refractivity contribution in [3.8, 4) is 0 Å². The largest absolute Gasteiger partial charge is 0.390 e. The first-order valence-corrected chi connectivity index (χ1v) is 6.56. The van der Waals surface area contributed by atoms with Gasteiger partial charge in [0, 0.05) is 37.0 Å². The summed E-state index contributed by atoms with van der Waals surface area (Å²) in [6.07, 6.45) is 6.41. The summed E-state index contributed by atoms with van der Waals surface area (Å²) >= 11 is 0. The van der Waals surface area contributed by atoms with Gasteiger partial charge in [0.2, 0.25) is 0 Å². The average Bonchev–Trinajstić information content (AvgIpc) is 2.88. The molecule has 1 unspecified atom stereocenters. The van der Waals surface area contributed by atoms with Crippen LogP contribution in [-0.2, 0) is 26.0 Å². The Bertz CT molecular complexity index is 525. The molecule has 19 heavy (non-hydrogen) atoms. The van der Waals surface area contributed by atoms with Crippen molar-refractivity contribution in [1.82, 2.24) is 15.5 Å². The molecule has 1 aliphatic carbocycles. The summed E-state index contributed by atoms with van der Waals surface area (Å²) in [5.41, 5.74) is 3.00. The molecule has 1 atom stereocenters. The number of nitrogens with zero attached hydrogens (tertiary/aromatic N) is 2. The van der Waals surface area contributed by atoms with E-state index in [9.17, 15) is 5.11 Å². The Morgan fingerprint density at radius 2 is 2.21 bits per heavy atom. The van der Waals surface area contributed by atoms with Crippen molar-refractivity contribution < 1.29 is 9.63 Å². The Morgan fingerprint density at radius 1 is 1.37 bits per heavy atom. The predicted molar refractivity (Wildman–Crippen MR) is 69.3 cm³/mol. The van der Waals surface area contributed by atoms with E-state index in [-0.39, 0.29) is 6.61 Å². The van der Waals surface area contributed by atoms with Crippen LogP contribution in [0.2, 0.25) is 0 Å². The van der Waals surface area contributed by atoms with Crippen LogP contribution >= 0.6 is 0 Å². The molecule has 0 bridgehead atoms. The molecule has 100 valence electrons. The lowest BCUT2D eigenvalue weighted by atomic mass is 9.92. The lowest BCUT2D eigenvalue weighted by Crippen LogP contribution is -2.34. The number of rotatable bonds is 4. The number of nitrogens with one attached hydrogen (secondary N) is 1. The van der Waals surface area contributed by atoms with Crippen LogP contribution in [0, 0.1) is 0 Å². The second-order valence-electron chi connectivity index (χ2n) is 4.87. The molecule has 0 aromatic carbocycles. The molecular formula is C14H17N3O2. The van der Waals surface area contributed by atoms with Crippen molar-refractivity contribution in [2.45, 2.75) is 38.5 Å². The Labute approximate surface area is 111 Å². The van der Waals surface area contributed by atoms with Crippen molar-refractivity contribution in [2.24, 2.45) is 0 Å². The smallest absolute Gasteiger partial charge is 0.140 e. The average molecular weight is 259 g/mol. The van der Waals surface area contributed by atoms with E-state index in [1.807, 2.05) is 12.1 Å². The van der Waals surface area contributed by atoms with Crippen molar-refractivity contribution in [2.75, 3.05) is 0 Å². The molecule has 5 nitrogen and oxygen atoms in total. The second kappa shape index (κ2) is 5.50. The van der Waals surface area contributed by atoms with Crippen LogP contribution in [-0.4, -0.2) is 21.3 Å². The van der Waals surface area contributed by atoms with Gasteiger partial charge in [0.1, 0.15) is 11.5 Å². The molecule has 2 N–H and O–H groups in total. The van der Waals surface area contributed by atoms with Crippen LogP contribution in [0.15, 0.2) is 29.0 Å². The summed E-state index contributed by atoms with van der Waals surface area (Å²) in [6, 6.07) is 4.44. The third kappa shape index (κ3) is 2.67. The third-order valence-corrected chi connectivity index (χ3v) is 3.62. The highest BCUT2D eigenvalue weighted by Crippen LogP contribution is 2.24. The summed E-state index contributed by atoms with van der Waals surface area (Å²) in [4.78, 5) is 4.01. The first-order chi connectivity index (χ1) is 9.36. The molecule has 2 aromatic heterocycles. The zero-order valence-corrected chi connectivity index (χ0v) is 10.7. The minimum atomic E-state index is -0.0457. The minimum absolute atomic E-state index is 0.0457. The fourth-order valence-electron chi connectivity index (χ4n) is 2.52. The quantitative estimate of drug-likeness (QED) is 0.863. The molecule has 0 aliphatic heterocycles. The van der Waals surface area contributed by atoms with Gasteiger partial charge >= 0.3 is 0 Å². The number of fused-ring (bicyclic) bond motifs is 1. The van der Waals surface area contributed by atoms with Crippen molar-refractivity contribution in [3.63, 3.8) is 0 Å². The van der Waals surface area contributed by atoms with Gasteiger partial charge in [-0.1, -0.05) is 5.16 Å². The van der Waals surface area contributed by atoms with Gasteiger partial charge in [0.15, 0.2) is 0 Å². The van der Waals surface area contributed by atoms with E-state index >= 15 is 0 Å². The molecule has 3 rings (SSSR count). The van der Waals surface area contributed by atoms with E-state index in [0.717, 1.165) is 37.1 Å². The normalized spacial score (nSPS) is 18.3. The number of aliphatic hydroxyl groups is 1. The van der Waals surface area contributed by atoms with Crippen molar-refractivity contribution in [1.29, 1.82) is 0 Å². The number of pyridine rings is 1. The van der Waals surface area contributed by atoms with E-state index in [1.165, 1.54) is 5.56 Å². The van der Waals surface area contributed by atoms with Crippen LogP contribution in [0.3, 0.4) is 0 Å². The second-order valence-corrected chi connectivity index (χ2v) is 4.87. The lowest BCUT2D eigenvalue weighted by molar-refractivity contribution is 0.265. The molecule has 2 heterocycles. The van der Waals surface area contributed by atoms with Gasteiger partial charge in [-0.05, 0) is 30.5 Å². The number of aryl methyl sites for hydroxylation is 1. The summed E-state index contributed by atoms with van der Waals surface area (Å²) in [6.45, 7) is 0.790. The van der Waals surface area contributed by atoms with Gasteiger partial charge in [0.25, 0.3) is 0 Å². The number of aliphatic hydroxyl groups excluding tert-OH is 1. The Morgan fingerprint density at radius 3 is 3.00 bits per heavy atom. The topological polar surface area (TPSA) is 71.2 Å². The van der Waals surface area contributed by atoms with Gasteiger partial charge in [-0.15, -0.1) is 0 Å². The zero-order chi connectivity index (χ0) is 13.1. The first kappa shape index (κ1) is 12.3. The maximum absolute atomic E-state index is 9.23. The fourth-order valence-corrected chi connectivity index (χ4v) is 2.52. The van der Waals surface area contributed by atoms with E-state index in [0.29, 0.717) is 11.7 Å². The molecule has 0 radical (unpaired) electrons. The minimum Gasteiger partial charge on any atom is -0.390 e. The Balaban J connectivity index is 1.62. The van der Waals surface area contributed by atoms with E-state index in [1.54, 1.807) is 12.4 Å². The van der Waals surface area contributed by atoms with Crippen molar-refractivity contribution in [3.05, 3.63) is 47.1 Å². The molecule has 1 aliphatic rings. The van der Waals surface area contributed by atoms with Gasteiger partial charge in [-0.2, -0.15) is 0 Å². The highest BCUT2D eigenvalue weighted by Gasteiger charge is 2.24. The maximum atomic E-state index is 9.23. The van der Waals surface area contributed by atoms with Crippen molar-refractivity contribution >= 4 is 0 Å². The van der Waals surface area contributed by atoms with Crippen LogP contribution in [0.4, 0.5) is 0 Å².